The largest absolute Gasteiger partial charge is 0.323 e. The molecule has 18 heavy (non-hydrogen) atoms. The Hall–Kier alpha value is -1.62. The Morgan fingerprint density at radius 2 is 2.11 bits per heavy atom. The molecule has 6 nitrogen and oxygen atoms in total. The molecule has 0 amide bonds. The van der Waals surface area contributed by atoms with E-state index in [1.165, 1.54) is 13.1 Å². The van der Waals surface area contributed by atoms with Crippen LogP contribution < -0.4 is 11.3 Å². The van der Waals surface area contributed by atoms with Gasteiger partial charge in [0.1, 0.15) is 4.90 Å². The van der Waals surface area contributed by atoms with E-state index in [-0.39, 0.29) is 17.4 Å². The summed E-state index contributed by atoms with van der Waals surface area (Å²) in [5.74, 6) is 4.92. The van der Waals surface area contributed by atoms with E-state index in [0.717, 1.165) is 4.31 Å². The minimum absolute atomic E-state index is 0.0974. The summed E-state index contributed by atoms with van der Waals surface area (Å²) in [5.41, 5.74) is 2.68. The fourth-order valence-corrected chi connectivity index (χ4v) is 2.91. The molecule has 0 spiro atoms. The Labute approximate surface area is 107 Å². The number of nitriles is 1. The van der Waals surface area contributed by atoms with Crippen molar-refractivity contribution in [3.05, 3.63) is 24.3 Å². The molecule has 1 atom stereocenters. The molecule has 0 aliphatic carbocycles. The molecule has 0 aliphatic heterocycles. The highest BCUT2D eigenvalue weighted by atomic mass is 32.2. The standard InChI is InChI=1S/C11H16N4O2S/c1-9(7-12)8-15(2)18(16,17)11-6-4-3-5-10(11)14-13/h3-6,9,14H,8,13H2,1-2H3. The van der Waals surface area contributed by atoms with Gasteiger partial charge in [0.15, 0.2) is 0 Å². The minimum Gasteiger partial charge on any atom is -0.323 e. The molecule has 7 heteroatoms. The van der Waals surface area contributed by atoms with Gasteiger partial charge in [-0.05, 0) is 19.1 Å². The smallest absolute Gasteiger partial charge is 0.244 e. The van der Waals surface area contributed by atoms with Gasteiger partial charge in [-0.15, -0.1) is 0 Å². The number of rotatable bonds is 5. The highest BCUT2D eigenvalue weighted by Crippen LogP contribution is 2.23. The molecule has 0 saturated carbocycles. The van der Waals surface area contributed by atoms with Gasteiger partial charge in [0.2, 0.25) is 10.0 Å². The number of para-hydroxylation sites is 1. The van der Waals surface area contributed by atoms with Crippen LogP contribution in [-0.4, -0.2) is 26.3 Å². The highest BCUT2D eigenvalue weighted by molar-refractivity contribution is 7.89. The molecule has 98 valence electrons. The number of hydrazine groups is 1. The number of benzene rings is 1. The van der Waals surface area contributed by atoms with Crippen LogP contribution in [0.15, 0.2) is 29.2 Å². The van der Waals surface area contributed by atoms with E-state index in [9.17, 15) is 8.42 Å². The monoisotopic (exact) mass is 268 g/mol. The lowest BCUT2D eigenvalue weighted by atomic mass is 10.2. The van der Waals surface area contributed by atoms with Crippen molar-refractivity contribution in [3.8, 4) is 6.07 Å². The number of hydrogen-bond acceptors (Lipinski definition) is 5. The molecule has 0 fully saturated rings. The SMILES string of the molecule is CC(C#N)CN(C)S(=O)(=O)c1ccccc1NN. The lowest BCUT2D eigenvalue weighted by Gasteiger charge is -2.19. The van der Waals surface area contributed by atoms with Gasteiger partial charge in [0.05, 0.1) is 17.7 Å². The fraction of sp³-hybridized carbons (Fsp3) is 0.364. The van der Waals surface area contributed by atoms with E-state index in [1.54, 1.807) is 25.1 Å². The van der Waals surface area contributed by atoms with E-state index in [1.807, 2.05) is 6.07 Å². The third-order valence-corrected chi connectivity index (χ3v) is 4.36. The van der Waals surface area contributed by atoms with E-state index in [4.69, 9.17) is 11.1 Å². The van der Waals surface area contributed by atoms with Crippen molar-refractivity contribution >= 4 is 15.7 Å². The van der Waals surface area contributed by atoms with Gasteiger partial charge >= 0.3 is 0 Å². The molecule has 1 unspecified atom stereocenters. The first-order chi connectivity index (χ1) is 8.43. The molecular formula is C11H16N4O2S. The molecular weight excluding hydrogens is 252 g/mol. The lowest BCUT2D eigenvalue weighted by Crippen LogP contribution is -2.31. The normalized spacial score (nSPS) is 13.1. The minimum atomic E-state index is -3.65. The van der Waals surface area contributed by atoms with Crippen LogP contribution in [0.2, 0.25) is 0 Å². The first kappa shape index (κ1) is 14.4. The second-order valence-corrected chi connectivity index (χ2v) is 5.97. The average molecular weight is 268 g/mol. The maximum absolute atomic E-state index is 12.3. The van der Waals surface area contributed by atoms with Gasteiger partial charge in [-0.3, -0.25) is 5.84 Å². The van der Waals surface area contributed by atoms with Gasteiger partial charge in [0, 0.05) is 13.6 Å². The van der Waals surface area contributed by atoms with E-state index in [2.05, 4.69) is 5.43 Å². The summed E-state index contributed by atoms with van der Waals surface area (Å²) in [4.78, 5) is 0.0974. The molecule has 0 radical (unpaired) electrons. The zero-order chi connectivity index (χ0) is 13.8. The van der Waals surface area contributed by atoms with Crippen LogP contribution in [0.25, 0.3) is 0 Å². The Balaban J connectivity index is 3.10. The Bertz CT molecular complexity index is 550. The van der Waals surface area contributed by atoms with Crippen molar-refractivity contribution in [1.82, 2.24) is 4.31 Å². The lowest BCUT2D eigenvalue weighted by molar-refractivity contribution is 0.439. The van der Waals surface area contributed by atoms with Gasteiger partial charge in [-0.1, -0.05) is 12.1 Å². The van der Waals surface area contributed by atoms with Crippen molar-refractivity contribution < 1.29 is 8.42 Å². The van der Waals surface area contributed by atoms with Crippen LogP contribution in [0.1, 0.15) is 6.92 Å². The highest BCUT2D eigenvalue weighted by Gasteiger charge is 2.24. The third kappa shape index (κ3) is 2.98. The second kappa shape index (κ2) is 5.82. The number of nitrogens with zero attached hydrogens (tertiary/aromatic N) is 2. The van der Waals surface area contributed by atoms with Crippen LogP contribution >= 0.6 is 0 Å². The average Bonchev–Trinajstić information content (AvgIpc) is 2.38. The molecule has 0 heterocycles. The van der Waals surface area contributed by atoms with Crippen LogP contribution in [-0.2, 0) is 10.0 Å². The first-order valence-electron chi connectivity index (χ1n) is 5.35. The van der Waals surface area contributed by atoms with Crippen molar-refractivity contribution in [3.63, 3.8) is 0 Å². The van der Waals surface area contributed by atoms with Gasteiger partial charge in [-0.2, -0.15) is 9.57 Å². The van der Waals surface area contributed by atoms with Crippen LogP contribution in [0, 0.1) is 17.2 Å². The first-order valence-corrected chi connectivity index (χ1v) is 6.79. The third-order valence-electron chi connectivity index (χ3n) is 2.48. The molecule has 0 bridgehead atoms. The number of hydrogen-bond donors (Lipinski definition) is 2. The van der Waals surface area contributed by atoms with Gasteiger partial charge in [-0.25, -0.2) is 8.42 Å². The van der Waals surface area contributed by atoms with Crippen LogP contribution in [0.4, 0.5) is 5.69 Å². The van der Waals surface area contributed by atoms with Gasteiger partial charge < -0.3 is 5.43 Å². The summed E-state index contributed by atoms with van der Waals surface area (Å²) in [6.07, 6.45) is 0. The van der Waals surface area contributed by atoms with E-state index < -0.39 is 10.0 Å². The zero-order valence-electron chi connectivity index (χ0n) is 10.3. The molecule has 1 aromatic carbocycles. The molecule has 1 rings (SSSR count). The van der Waals surface area contributed by atoms with E-state index in [0.29, 0.717) is 5.69 Å². The fourth-order valence-electron chi connectivity index (χ4n) is 1.50. The van der Waals surface area contributed by atoms with Crippen molar-refractivity contribution in [2.75, 3.05) is 19.0 Å². The summed E-state index contributed by atoms with van der Waals surface area (Å²) in [7, 11) is -2.21. The summed E-state index contributed by atoms with van der Waals surface area (Å²) < 4.78 is 25.7. The number of anilines is 1. The van der Waals surface area contributed by atoms with Crippen molar-refractivity contribution in [1.29, 1.82) is 5.26 Å². The van der Waals surface area contributed by atoms with Crippen LogP contribution in [0.3, 0.4) is 0 Å². The molecule has 1 aromatic rings. The summed E-state index contributed by atoms with van der Waals surface area (Å²) >= 11 is 0. The quantitative estimate of drug-likeness (QED) is 0.606. The number of sulfonamides is 1. The van der Waals surface area contributed by atoms with Crippen LogP contribution in [0.5, 0.6) is 0 Å². The van der Waals surface area contributed by atoms with Crippen molar-refractivity contribution in [2.24, 2.45) is 11.8 Å². The maximum atomic E-state index is 12.3. The Morgan fingerprint density at radius 1 is 1.50 bits per heavy atom. The molecule has 3 N–H and O–H groups in total. The maximum Gasteiger partial charge on any atom is 0.244 e. The molecule has 0 aliphatic rings. The number of nitrogens with one attached hydrogen (secondary N) is 1. The predicted molar refractivity (Wildman–Crippen MR) is 68.8 cm³/mol. The topological polar surface area (TPSA) is 99.2 Å². The number of nitrogens with two attached hydrogens (primary N) is 1. The summed E-state index contributed by atoms with van der Waals surface area (Å²) in [5, 5.41) is 8.72. The Morgan fingerprint density at radius 3 is 2.67 bits per heavy atom. The van der Waals surface area contributed by atoms with E-state index >= 15 is 0 Å². The number of nitrogen functional groups attached to an aromatic ring is 1. The Kier molecular flexibility index (Phi) is 4.67. The second-order valence-electron chi connectivity index (χ2n) is 3.96. The van der Waals surface area contributed by atoms with Crippen molar-refractivity contribution in [2.45, 2.75) is 11.8 Å². The van der Waals surface area contributed by atoms with Gasteiger partial charge in [0.25, 0.3) is 0 Å². The predicted octanol–water partition coefficient (Wildman–Crippen LogP) is 0.752. The summed E-state index contributed by atoms with van der Waals surface area (Å²) in [6.45, 7) is 1.80. The zero-order valence-corrected chi connectivity index (χ0v) is 11.1. The summed E-state index contributed by atoms with van der Waals surface area (Å²) in [6, 6.07) is 8.36. The molecule has 0 aromatic heterocycles. The molecule has 0 saturated heterocycles.